The highest BCUT2D eigenvalue weighted by Crippen LogP contribution is 2.24. The first-order valence-corrected chi connectivity index (χ1v) is 10.3. The number of rotatable bonds is 6. The van der Waals surface area contributed by atoms with Crippen molar-refractivity contribution in [2.75, 3.05) is 13.7 Å². The van der Waals surface area contributed by atoms with Gasteiger partial charge in [0.1, 0.15) is 0 Å². The molecule has 1 aliphatic rings. The molecule has 1 aromatic rings. The van der Waals surface area contributed by atoms with Crippen LogP contribution in [0.3, 0.4) is 0 Å². The van der Waals surface area contributed by atoms with Crippen LogP contribution in [0.25, 0.3) is 0 Å². The van der Waals surface area contributed by atoms with Crippen molar-refractivity contribution in [1.82, 2.24) is 10.0 Å². The van der Waals surface area contributed by atoms with E-state index in [1.807, 2.05) is 0 Å². The number of nitrogens with one attached hydrogen (secondary N) is 2. The van der Waals surface area contributed by atoms with Gasteiger partial charge in [-0.25, -0.2) is 17.9 Å². The quantitative estimate of drug-likeness (QED) is 0.709. The normalized spacial score (nSPS) is 20.4. The number of hydrogen-bond acceptors (Lipinski definition) is 5. The van der Waals surface area contributed by atoms with E-state index in [4.69, 9.17) is 16.3 Å². The van der Waals surface area contributed by atoms with E-state index in [-0.39, 0.29) is 27.4 Å². The summed E-state index contributed by atoms with van der Waals surface area (Å²) >= 11 is 5.96. The van der Waals surface area contributed by atoms with Crippen LogP contribution < -0.4 is 10.0 Å². The number of halogens is 1. The van der Waals surface area contributed by atoms with Gasteiger partial charge in [0.05, 0.1) is 15.5 Å². The number of carbonyl (C=O) groups excluding carboxylic acids is 2. The molecule has 2 rings (SSSR count). The third kappa shape index (κ3) is 5.18. The standard InChI is InChI=1S/C17H23ClN2O5S/c1-11-5-3-4-6-15(11)20-16(21)10-25-17(22)13-9-12(7-8-14(13)18)26(23,24)19-2/h7-9,11,15,19H,3-6,10H2,1-2H3,(H,20,21)/t11-,15-/m0/s1. The zero-order chi connectivity index (χ0) is 19.3. The van der Waals surface area contributed by atoms with Gasteiger partial charge in [0, 0.05) is 6.04 Å². The molecule has 0 aromatic heterocycles. The van der Waals surface area contributed by atoms with Crippen LogP contribution in [-0.2, 0) is 19.6 Å². The van der Waals surface area contributed by atoms with Crippen LogP contribution in [0, 0.1) is 5.92 Å². The fourth-order valence-corrected chi connectivity index (χ4v) is 3.88. The minimum atomic E-state index is -3.72. The Labute approximate surface area is 158 Å². The molecule has 7 nitrogen and oxygen atoms in total. The summed E-state index contributed by atoms with van der Waals surface area (Å²) in [6, 6.07) is 3.79. The lowest BCUT2D eigenvalue weighted by molar-refractivity contribution is -0.125. The smallest absolute Gasteiger partial charge is 0.340 e. The van der Waals surface area contributed by atoms with Crippen LogP contribution in [-0.4, -0.2) is 40.0 Å². The zero-order valence-corrected chi connectivity index (χ0v) is 16.3. The van der Waals surface area contributed by atoms with Gasteiger partial charge in [-0.05, 0) is 44.0 Å². The van der Waals surface area contributed by atoms with Crippen LogP contribution in [0.15, 0.2) is 23.1 Å². The number of amides is 1. The summed E-state index contributed by atoms with van der Waals surface area (Å²) in [6.07, 6.45) is 4.20. The molecule has 2 atom stereocenters. The van der Waals surface area contributed by atoms with Crippen molar-refractivity contribution in [3.05, 3.63) is 28.8 Å². The van der Waals surface area contributed by atoms with Gasteiger partial charge in [-0.3, -0.25) is 4.79 Å². The van der Waals surface area contributed by atoms with Crippen molar-refractivity contribution in [2.24, 2.45) is 5.92 Å². The highest BCUT2D eigenvalue weighted by Gasteiger charge is 2.24. The van der Waals surface area contributed by atoms with Gasteiger partial charge in [-0.1, -0.05) is 31.4 Å². The molecular formula is C17H23ClN2O5S. The minimum absolute atomic E-state index is 0.0476. The number of benzene rings is 1. The van der Waals surface area contributed by atoms with Crippen LogP contribution >= 0.6 is 11.6 Å². The maximum absolute atomic E-state index is 12.2. The van der Waals surface area contributed by atoms with Crippen molar-refractivity contribution in [2.45, 2.75) is 43.5 Å². The topological polar surface area (TPSA) is 102 Å². The second kappa shape index (κ2) is 8.83. The summed E-state index contributed by atoms with van der Waals surface area (Å²) in [4.78, 5) is 24.1. The average Bonchev–Trinajstić information content (AvgIpc) is 2.62. The maximum atomic E-state index is 12.2. The molecule has 1 saturated carbocycles. The molecule has 1 amide bonds. The van der Waals surface area contributed by atoms with Gasteiger partial charge < -0.3 is 10.1 Å². The van der Waals surface area contributed by atoms with E-state index < -0.39 is 22.6 Å². The molecule has 26 heavy (non-hydrogen) atoms. The third-order valence-corrected chi connectivity index (χ3v) is 6.27. The lowest BCUT2D eigenvalue weighted by Gasteiger charge is -2.29. The Balaban J connectivity index is 1.99. The van der Waals surface area contributed by atoms with Crippen LogP contribution in [0.1, 0.15) is 43.0 Å². The van der Waals surface area contributed by atoms with E-state index in [1.165, 1.54) is 19.2 Å². The molecule has 0 bridgehead atoms. The molecule has 1 aromatic carbocycles. The van der Waals surface area contributed by atoms with E-state index >= 15 is 0 Å². The first-order chi connectivity index (χ1) is 12.2. The molecule has 0 saturated heterocycles. The lowest BCUT2D eigenvalue weighted by atomic mass is 9.86. The predicted octanol–water partition coefficient (Wildman–Crippen LogP) is 2.10. The average molecular weight is 403 g/mol. The fraction of sp³-hybridized carbons (Fsp3) is 0.529. The zero-order valence-electron chi connectivity index (χ0n) is 14.7. The minimum Gasteiger partial charge on any atom is -0.452 e. The molecule has 0 aliphatic heterocycles. The van der Waals surface area contributed by atoms with Crippen LogP contribution in [0.4, 0.5) is 0 Å². The molecule has 0 spiro atoms. The highest BCUT2D eigenvalue weighted by molar-refractivity contribution is 7.89. The number of esters is 1. The molecule has 1 fully saturated rings. The first-order valence-electron chi connectivity index (χ1n) is 8.44. The summed E-state index contributed by atoms with van der Waals surface area (Å²) in [5.41, 5.74) is -0.109. The molecule has 2 N–H and O–H groups in total. The van der Waals surface area contributed by atoms with Gasteiger partial charge in [0.25, 0.3) is 5.91 Å². The number of hydrogen-bond donors (Lipinski definition) is 2. The first kappa shape index (κ1) is 20.7. The van der Waals surface area contributed by atoms with Crippen molar-refractivity contribution in [3.8, 4) is 0 Å². The Hall–Kier alpha value is -1.64. The van der Waals surface area contributed by atoms with E-state index in [9.17, 15) is 18.0 Å². The van der Waals surface area contributed by atoms with Crippen molar-refractivity contribution in [1.29, 1.82) is 0 Å². The maximum Gasteiger partial charge on any atom is 0.340 e. The molecule has 9 heteroatoms. The van der Waals surface area contributed by atoms with Crippen molar-refractivity contribution >= 4 is 33.5 Å². The number of carbonyl (C=O) groups is 2. The molecule has 0 heterocycles. The second-order valence-corrected chi connectivity index (χ2v) is 8.65. The molecule has 144 valence electrons. The Morgan fingerprint density at radius 1 is 1.27 bits per heavy atom. The molecule has 1 aliphatic carbocycles. The van der Waals surface area contributed by atoms with E-state index in [2.05, 4.69) is 17.0 Å². The summed E-state index contributed by atoms with van der Waals surface area (Å²) in [5, 5.41) is 2.93. The molecule has 0 radical (unpaired) electrons. The van der Waals surface area contributed by atoms with Gasteiger partial charge >= 0.3 is 5.97 Å². The SMILES string of the molecule is CNS(=O)(=O)c1ccc(Cl)c(C(=O)OCC(=O)N[C@H]2CCCC[C@@H]2C)c1. The highest BCUT2D eigenvalue weighted by atomic mass is 35.5. The van der Waals surface area contributed by atoms with E-state index in [0.29, 0.717) is 5.92 Å². The monoisotopic (exact) mass is 402 g/mol. The fourth-order valence-electron chi connectivity index (χ4n) is 2.93. The Kier molecular flexibility index (Phi) is 7.02. The third-order valence-electron chi connectivity index (χ3n) is 4.53. The summed E-state index contributed by atoms with van der Waals surface area (Å²) in [7, 11) is -2.46. The van der Waals surface area contributed by atoms with E-state index in [1.54, 1.807) is 0 Å². The second-order valence-electron chi connectivity index (χ2n) is 6.36. The summed E-state index contributed by atoms with van der Waals surface area (Å²) in [5.74, 6) is -0.844. The van der Waals surface area contributed by atoms with Crippen molar-refractivity contribution in [3.63, 3.8) is 0 Å². The largest absolute Gasteiger partial charge is 0.452 e. The van der Waals surface area contributed by atoms with Gasteiger partial charge in [-0.15, -0.1) is 0 Å². The van der Waals surface area contributed by atoms with Crippen LogP contribution in [0.5, 0.6) is 0 Å². The Morgan fingerprint density at radius 3 is 2.62 bits per heavy atom. The van der Waals surface area contributed by atoms with Gasteiger partial charge in [0.15, 0.2) is 6.61 Å². The van der Waals surface area contributed by atoms with Gasteiger partial charge in [0.2, 0.25) is 10.0 Å². The van der Waals surface area contributed by atoms with Crippen LogP contribution in [0.2, 0.25) is 5.02 Å². The van der Waals surface area contributed by atoms with E-state index in [0.717, 1.165) is 31.7 Å². The summed E-state index contributed by atoms with van der Waals surface area (Å²) in [6.45, 7) is 1.64. The lowest BCUT2D eigenvalue weighted by Crippen LogP contribution is -2.42. The Morgan fingerprint density at radius 2 is 1.96 bits per heavy atom. The predicted molar refractivity (Wildman–Crippen MR) is 97.5 cm³/mol. The molecule has 0 unspecified atom stereocenters. The number of ether oxygens (including phenoxy) is 1. The number of sulfonamides is 1. The summed E-state index contributed by atoms with van der Waals surface area (Å²) < 4.78 is 30.8. The Bertz CT molecular complexity index is 781. The molecular weight excluding hydrogens is 380 g/mol. The van der Waals surface area contributed by atoms with Gasteiger partial charge in [-0.2, -0.15) is 0 Å². The van der Waals surface area contributed by atoms with Crippen molar-refractivity contribution < 1.29 is 22.7 Å².